The van der Waals surface area contributed by atoms with E-state index >= 15 is 0 Å². The zero-order valence-corrected chi connectivity index (χ0v) is 20.6. The SMILES string of the molecule is CCC(C)C(NC(=O)C(CCSC)NC(=O)C(C)N)C(=O)NC(CCCN=C(N)N)C(=O)O. The second-order valence-corrected chi connectivity index (χ2v) is 8.84. The van der Waals surface area contributed by atoms with Crippen LogP contribution in [0, 0.1) is 5.92 Å². The Labute approximate surface area is 199 Å². The molecule has 13 heteroatoms. The predicted molar refractivity (Wildman–Crippen MR) is 129 cm³/mol. The molecule has 0 radical (unpaired) electrons. The summed E-state index contributed by atoms with van der Waals surface area (Å²) >= 11 is 1.51. The summed E-state index contributed by atoms with van der Waals surface area (Å²) in [6.07, 6.45) is 3.23. The van der Waals surface area contributed by atoms with Crippen LogP contribution in [-0.4, -0.2) is 77.5 Å². The van der Waals surface area contributed by atoms with E-state index in [-0.39, 0.29) is 24.8 Å². The van der Waals surface area contributed by atoms with Crippen molar-refractivity contribution in [3.05, 3.63) is 0 Å². The van der Waals surface area contributed by atoms with Gasteiger partial charge in [-0.2, -0.15) is 11.8 Å². The summed E-state index contributed by atoms with van der Waals surface area (Å²) in [7, 11) is 0. The molecule has 12 nitrogen and oxygen atoms in total. The maximum Gasteiger partial charge on any atom is 0.326 e. The molecular formula is C20H39N7O5S. The van der Waals surface area contributed by atoms with Gasteiger partial charge in [0.1, 0.15) is 18.1 Å². The molecule has 0 heterocycles. The third-order valence-corrected chi connectivity index (χ3v) is 5.65. The van der Waals surface area contributed by atoms with Crippen LogP contribution in [0.3, 0.4) is 0 Å². The number of hydrogen-bond donors (Lipinski definition) is 7. The van der Waals surface area contributed by atoms with E-state index in [1.54, 1.807) is 6.92 Å². The van der Waals surface area contributed by atoms with Crippen LogP contribution in [0.2, 0.25) is 0 Å². The molecular weight excluding hydrogens is 450 g/mol. The van der Waals surface area contributed by atoms with Crippen molar-refractivity contribution < 1.29 is 24.3 Å². The number of hydrogen-bond acceptors (Lipinski definition) is 7. The van der Waals surface area contributed by atoms with Crippen molar-refractivity contribution in [1.82, 2.24) is 16.0 Å². The molecule has 0 bridgehead atoms. The van der Waals surface area contributed by atoms with E-state index in [0.717, 1.165) is 0 Å². The van der Waals surface area contributed by atoms with Crippen molar-refractivity contribution in [1.29, 1.82) is 0 Å². The highest BCUT2D eigenvalue weighted by atomic mass is 32.2. The number of nitrogens with one attached hydrogen (secondary N) is 3. The second-order valence-electron chi connectivity index (χ2n) is 7.85. The van der Waals surface area contributed by atoms with Crippen LogP contribution in [-0.2, 0) is 19.2 Å². The first kappa shape index (κ1) is 30.5. The number of nitrogens with zero attached hydrogens (tertiary/aromatic N) is 1. The minimum absolute atomic E-state index is 0.0994. The summed E-state index contributed by atoms with van der Waals surface area (Å²) in [5, 5.41) is 17.3. The first-order chi connectivity index (χ1) is 15.4. The van der Waals surface area contributed by atoms with Crippen LogP contribution in [0.25, 0.3) is 0 Å². The molecule has 0 aromatic heterocycles. The molecule has 0 aliphatic rings. The average Bonchev–Trinajstić information content (AvgIpc) is 2.75. The summed E-state index contributed by atoms with van der Waals surface area (Å²) in [6, 6.07) is -3.81. The molecule has 5 unspecified atom stereocenters. The van der Waals surface area contributed by atoms with Gasteiger partial charge in [-0.1, -0.05) is 20.3 Å². The minimum Gasteiger partial charge on any atom is -0.480 e. The monoisotopic (exact) mass is 489 g/mol. The highest BCUT2D eigenvalue weighted by Crippen LogP contribution is 2.11. The fraction of sp³-hybridized carbons (Fsp3) is 0.750. The van der Waals surface area contributed by atoms with Crippen LogP contribution in [0.4, 0.5) is 0 Å². The van der Waals surface area contributed by atoms with E-state index in [0.29, 0.717) is 25.0 Å². The van der Waals surface area contributed by atoms with E-state index in [1.807, 2.05) is 13.2 Å². The topological polar surface area (TPSA) is 215 Å². The lowest BCUT2D eigenvalue weighted by Crippen LogP contribution is -2.58. The molecule has 0 saturated heterocycles. The lowest BCUT2D eigenvalue weighted by Gasteiger charge is -2.28. The van der Waals surface area contributed by atoms with Gasteiger partial charge in [-0.05, 0) is 44.1 Å². The lowest BCUT2D eigenvalue weighted by molar-refractivity contribution is -0.142. The molecule has 10 N–H and O–H groups in total. The van der Waals surface area contributed by atoms with Crippen LogP contribution in [0.15, 0.2) is 4.99 Å². The Hall–Kier alpha value is -2.54. The molecule has 0 saturated carbocycles. The van der Waals surface area contributed by atoms with Gasteiger partial charge in [0.25, 0.3) is 0 Å². The summed E-state index contributed by atoms with van der Waals surface area (Å²) in [6.45, 7) is 5.36. The van der Waals surface area contributed by atoms with Gasteiger partial charge in [0.2, 0.25) is 17.7 Å². The number of nitrogens with two attached hydrogens (primary N) is 3. The maximum absolute atomic E-state index is 12.9. The molecule has 3 amide bonds. The Morgan fingerprint density at radius 2 is 1.58 bits per heavy atom. The molecule has 0 aliphatic heterocycles. The number of thioether (sulfide) groups is 1. The van der Waals surface area contributed by atoms with Gasteiger partial charge >= 0.3 is 5.97 Å². The van der Waals surface area contributed by atoms with Gasteiger partial charge < -0.3 is 38.3 Å². The van der Waals surface area contributed by atoms with E-state index in [1.165, 1.54) is 18.7 Å². The fourth-order valence-corrected chi connectivity index (χ4v) is 3.26. The fourth-order valence-electron chi connectivity index (χ4n) is 2.79. The van der Waals surface area contributed by atoms with Crippen LogP contribution in [0.5, 0.6) is 0 Å². The van der Waals surface area contributed by atoms with Crippen LogP contribution >= 0.6 is 11.8 Å². The van der Waals surface area contributed by atoms with Crippen molar-refractivity contribution in [2.24, 2.45) is 28.1 Å². The average molecular weight is 490 g/mol. The Kier molecular flexibility index (Phi) is 14.9. The first-order valence-electron chi connectivity index (χ1n) is 10.9. The van der Waals surface area contributed by atoms with E-state index in [4.69, 9.17) is 17.2 Å². The summed E-state index contributed by atoms with van der Waals surface area (Å²) in [5.41, 5.74) is 16.1. The summed E-state index contributed by atoms with van der Waals surface area (Å²) in [4.78, 5) is 53.3. The number of carboxylic acid groups (broad SMARTS) is 1. The Morgan fingerprint density at radius 1 is 0.970 bits per heavy atom. The minimum atomic E-state index is -1.20. The molecule has 0 fully saturated rings. The summed E-state index contributed by atoms with van der Waals surface area (Å²) < 4.78 is 0. The molecule has 0 aromatic rings. The lowest BCUT2D eigenvalue weighted by atomic mass is 9.97. The predicted octanol–water partition coefficient (Wildman–Crippen LogP) is -1.27. The highest BCUT2D eigenvalue weighted by Gasteiger charge is 2.32. The molecule has 0 aliphatic carbocycles. The van der Waals surface area contributed by atoms with Gasteiger partial charge in [-0.15, -0.1) is 0 Å². The van der Waals surface area contributed by atoms with Gasteiger partial charge in [-0.25, -0.2) is 4.79 Å². The third-order valence-electron chi connectivity index (χ3n) is 5.01. The Bertz CT molecular complexity index is 686. The van der Waals surface area contributed by atoms with E-state index < -0.39 is 47.9 Å². The van der Waals surface area contributed by atoms with Gasteiger partial charge in [0, 0.05) is 6.54 Å². The van der Waals surface area contributed by atoms with Gasteiger partial charge in [-0.3, -0.25) is 19.4 Å². The maximum atomic E-state index is 12.9. The standard InChI is InChI=1S/C20H39N7O5S/c1-5-11(2)15(18(30)26-14(19(31)32)7-6-9-24-20(22)23)27-17(29)13(8-10-33-4)25-16(28)12(3)21/h11-15H,5-10,21H2,1-4H3,(H,25,28)(H,26,30)(H,27,29)(H,31,32)(H4,22,23,24). The smallest absolute Gasteiger partial charge is 0.326 e. The molecule has 0 spiro atoms. The normalized spacial score (nSPS) is 15.3. The Morgan fingerprint density at radius 3 is 2.06 bits per heavy atom. The number of guanidine groups is 1. The number of carbonyl (C=O) groups is 4. The van der Waals surface area contributed by atoms with Crippen molar-refractivity contribution in [2.45, 2.75) is 70.6 Å². The largest absolute Gasteiger partial charge is 0.480 e. The van der Waals surface area contributed by atoms with Gasteiger partial charge in [0.15, 0.2) is 5.96 Å². The van der Waals surface area contributed by atoms with Gasteiger partial charge in [0.05, 0.1) is 6.04 Å². The number of aliphatic imine (C=N–C) groups is 1. The number of carbonyl (C=O) groups excluding carboxylic acids is 3. The molecule has 0 rings (SSSR count). The van der Waals surface area contributed by atoms with E-state index in [2.05, 4.69) is 20.9 Å². The van der Waals surface area contributed by atoms with Crippen LogP contribution in [0.1, 0.15) is 46.5 Å². The first-order valence-corrected chi connectivity index (χ1v) is 12.3. The van der Waals surface area contributed by atoms with Crippen molar-refractivity contribution in [3.8, 4) is 0 Å². The van der Waals surface area contributed by atoms with E-state index in [9.17, 15) is 24.3 Å². The van der Waals surface area contributed by atoms with Crippen LogP contribution < -0.4 is 33.2 Å². The molecule has 33 heavy (non-hydrogen) atoms. The molecule has 0 aromatic carbocycles. The zero-order valence-electron chi connectivity index (χ0n) is 19.8. The van der Waals surface area contributed by atoms with Crippen molar-refractivity contribution in [2.75, 3.05) is 18.6 Å². The third kappa shape index (κ3) is 12.3. The van der Waals surface area contributed by atoms with Crippen molar-refractivity contribution >= 4 is 41.4 Å². The number of carboxylic acids is 1. The molecule has 5 atom stereocenters. The van der Waals surface area contributed by atoms with Crippen molar-refractivity contribution in [3.63, 3.8) is 0 Å². The Balaban J connectivity index is 5.38. The highest BCUT2D eigenvalue weighted by molar-refractivity contribution is 7.98. The molecule has 190 valence electrons. The number of amides is 3. The summed E-state index contributed by atoms with van der Waals surface area (Å²) in [5.74, 6) is -2.61. The second kappa shape index (κ2) is 16.1. The number of aliphatic carboxylic acids is 1. The number of rotatable bonds is 16. The quantitative estimate of drug-likeness (QED) is 0.0779. The zero-order chi connectivity index (χ0) is 25.6.